The molecule has 0 aliphatic rings. The maximum Gasteiger partial charge on any atom is 0.168 e. The molecule has 0 saturated carbocycles. The Morgan fingerprint density at radius 2 is 1.95 bits per heavy atom. The minimum atomic E-state index is 0.792. The van der Waals surface area contributed by atoms with Crippen molar-refractivity contribution in [3.8, 4) is 11.4 Å². The van der Waals surface area contributed by atoms with Gasteiger partial charge in [0.25, 0.3) is 0 Å². The van der Waals surface area contributed by atoms with E-state index in [4.69, 9.17) is 4.98 Å². The molecule has 4 heteroatoms. The maximum absolute atomic E-state index is 4.70. The molecule has 21 heavy (non-hydrogen) atoms. The average molecular weight is 276 g/mol. The smallest absolute Gasteiger partial charge is 0.168 e. The summed E-state index contributed by atoms with van der Waals surface area (Å²) in [4.78, 5) is 13.2. The van der Waals surface area contributed by atoms with E-state index in [0.717, 1.165) is 28.2 Å². The molecule has 0 spiro atoms. The first-order chi connectivity index (χ1) is 10.3. The quantitative estimate of drug-likeness (QED) is 0.681. The summed E-state index contributed by atoms with van der Waals surface area (Å²) in [6, 6.07) is 10.1. The summed E-state index contributed by atoms with van der Waals surface area (Å²) in [5.41, 5.74) is 3.70. The number of hydrogen-bond acceptors (Lipinski definition) is 3. The largest absolute Gasteiger partial charge is 0.277 e. The van der Waals surface area contributed by atoms with Crippen LogP contribution >= 0.6 is 0 Å². The molecule has 0 saturated heterocycles. The highest BCUT2D eigenvalue weighted by Gasteiger charge is 2.15. The van der Waals surface area contributed by atoms with Crippen LogP contribution in [0.3, 0.4) is 0 Å². The number of allylic oxidation sites excluding steroid dienone is 4. The van der Waals surface area contributed by atoms with Gasteiger partial charge in [-0.25, -0.2) is 15.0 Å². The minimum absolute atomic E-state index is 0.792. The molecule has 0 radical (unpaired) electrons. The van der Waals surface area contributed by atoms with Gasteiger partial charge in [0, 0.05) is 11.3 Å². The van der Waals surface area contributed by atoms with Gasteiger partial charge in [-0.15, -0.1) is 0 Å². The van der Waals surface area contributed by atoms with Crippen LogP contribution in [0.15, 0.2) is 61.1 Å². The van der Waals surface area contributed by atoms with Gasteiger partial charge < -0.3 is 0 Å². The van der Waals surface area contributed by atoms with Gasteiger partial charge >= 0.3 is 0 Å². The Bertz CT molecular complexity index is 813. The van der Waals surface area contributed by atoms with Crippen molar-refractivity contribution in [2.45, 2.75) is 13.8 Å². The Labute approximate surface area is 123 Å². The van der Waals surface area contributed by atoms with Crippen molar-refractivity contribution < 1.29 is 0 Å². The van der Waals surface area contributed by atoms with E-state index in [1.165, 1.54) is 0 Å². The zero-order valence-corrected chi connectivity index (χ0v) is 12.1. The molecule has 0 aliphatic heterocycles. The molecule has 0 amide bonds. The second kappa shape index (κ2) is 5.71. The van der Waals surface area contributed by atoms with Crippen LogP contribution in [0.1, 0.15) is 13.8 Å². The monoisotopic (exact) mass is 276 g/mol. The van der Waals surface area contributed by atoms with Gasteiger partial charge in [0.05, 0.1) is 6.20 Å². The number of aromatic nitrogens is 4. The normalized spacial score (nSPS) is 12.4. The van der Waals surface area contributed by atoms with Crippen molar-refractivity contribution in [3.05, 3.63) is 61.1 Å². The Morgan fingerprint density at radius 3 is 2.67 bits per heavy atom. The third-order valence-corrected chi connectivity index (χ3v) is 3.25. The number of hydrogen-bond donors (Lipinski definition) is 0. The van der Waals surface area contributed by atoms with Crippen molar-refractivity contribution in [2.75, 3.05) is 0 Å². The molecule has 0 unspecified atom stereocenters. The second-order valence-corrected chi connectivity index (χ2v) is 4.58. The standard InChI is InChI=1S/C17H16N4/c1-3-8-14(4-2)21-16(13-9-6-5-7-10-13)20-15-11-18-12-19-17(15)21/h3-12H,1-2H3/b8-3-,14-4+. The molecule has 0 aliphatic carbocycles. The Balaban J connectivity index is 2.34. The van der Waals surface area contributed by atoms with E-state index in [-0.39, 0.29) is 0 Å². The summed E-state index contributed by atoms with van der Waals surface area (Å²) in [5.74, 6) is 0.872. The predicted octanol–water partition coefficient (Wildman–Crippen LogP) is 3.93. The van der Waals surface area contributed by atoms with E-state index in [1.54, 1.807) is 12.5 Å². The molecule has 3 aromatic rings. The SMILES string of the molecule is C/C=C\C(=C/C)n1c(-c2ccccc2)nc2cncnc21. The van der Waals surface area contributed by atoms with E-state index in [0.29, 0.717) is 0 Å². The van der Waals surface area contributed by atoms with Crippen molar-refractivity contribution in [2.24, 2.45) is 0 Å². The molecule has 0 fully saturated rings. The van der Waals surface area contributed by atoms with Crippen LogP contribution in [0.4, 0.5) is 0 Å². The van der Waals surface area contributed by atoms with Crippen LogP contribution in [0.25, 0.3) is 28.2 Å². The highest BCUT2D eigenvalue weighted by molar-refractivity contribution is 5.83. The van der Waals surface area contributed by atoms with Crippen LogP contribution in [-0.2, 0) is 0 Å². The fourth-order valence-electron chi connectivity index (χ4n) is 2.33. The molecular weight excluding hydrogens is 260 g/mol. The Hall–Kier alpha value is -2.75. The van der Waals surface area contributed by atoms with Crippen molar-refractivity contribution in [1.29, 1.82) is 0 Å². The van der Waals surface area contributed by atoms with Gasteiger partial charge in [0.1, 0.15) is 17.7 Å². The molecule has 2 aromatic heterocycles. The van der Waals surface area contributed by atoms with Crippen LogP contribution in [-0.4, -0.2) is 19.5 Å². The van der Waals surface area contributed by atoms with Gasteiger partial charge in [0.15, 0.2) is 5.65 Å². The molecule has 2 heterocycles. The van der Waals surface area contributed by atoms with Crippen LogP contribution < -0.4 is 0 Å². The molecule has 0 bridgehead atoms. The molecule has 0 atom stereocenters. The maximum atomic E-state index is 4.70. The number of nitrogens with zero attached hydrogens (tertiary/aromatic N) is 4. The summed E-state index contributed by atoms with van der Waals surface area (Å²) in [6.45, 7) is 4.01. The van der Waals surface area contributed by atoms with Gasteiger partial charge in [-0.05, 0) is 19.9 Å². The van der Waals surface area contributed by atoms with Gasteiger partial charge in [0.2, 0.25) is 0 Å². The third-order valence-electron chi connectivity index (χ3n) is 3.25. The molecule has 104 valence electrons. The van der Waals surface area contributed by atoms with Gasteiger partial charge in [-0.3, -0.25) is 4.57 Å². The predicted molar refractivity (Wildman–Crippen MR) is 85.5 cm³/mol. The third kappa shape index (κ3) is 2.36. The highest BCUT2D eigenvalue weighted by atomic mass is 15.1. The van der Waals surface area contributed by atoms with Gasteiger partial charge in [-0.1, -0.05) is 42.5 Å². The van der Waals surface area contributed by atoms with E-state index in [9.17, 15) is 0 Å². The Kier molecular flexibility index (Phi) is 3.60. The van der Waals surface area contributed by atoms with E-state index in [1.807, 2.05) is 50.3 Å². The van der Waals surface area contributed by atoms with Crippen LogP contribution in [0.5, 0.6) is 0 Å². The highest BCUT2D eigenvalue weighted by Crippen LogP contribution is 2.27. The number of imidazole rings is 1. The van der Waals surface area contributed by atoms with Crippen LogP contribution in [0, 0.1) is 0 Å². The fraction of sp³-hybridized carbons (Fsp3) is 0.118. The molecule has 3 rings (SSSR count). The van der Waals surface area contributed by atoms with Crippen LogP contribution in [0.2, 0.25) is 0 Å². The molecule has 4 nitrogen and oxygen atoms in total. The fourth-order valence-corrected chi connectivity index (χ4v) is 2.33. The second-order valence-electron chi connectivity index (χ2n) is 4.58. The zero-order chi connectivity index (χ0) is 14.7. The van der Waals surface area contributed by atoms with Crippen molar-refractivity contribution in [3.63, 3.8) is 0 Å². The number of rotatable bonds is 3. The summed E-state index contributed by atoms with van der Waals surface area (Å²) < 4.78 is 2.06. The number of fused-ring (bicyclic) bond motifs is 1. The lowest BCUT2D eigenvalue weighted by Crippen LogP contribution is -1.99. The van der Waals surface area contributed by atoms with Gasteiger partial charge in [-0.2, -0.15) is 0 Å². The van der Waals surface area contributed by atoms with Crippen molar-refractivity contribution in [1.82, 2.24) is 19.5 Å². The molecule has 1 aromatic carbocycles. The number of benzene rings is 1. The average Bonchev–Trinajstić information content (AvgIpc) is 2.93. The van der Waals surface area contributed by atoms with E-state index < -0.39 is 0 Å². The zero-order valence-electron chi connectivity index (χ0n) is 12.1. The van der Waals surface area contributed by atoms with E-state index >= 15 is 0 Å². The van der Waals surface area contributed by atoms with Crippen molar-refractivity contribution >= 4 is 16.9 Å². The first kappa shape index (κ1) is 13.2. The topological polar surface area (TPSA) is 43.6 Å². The summed E-state index contributed by atoms with van der Waals surface area (Å²) in [6.07, 6.45) is 9.41. The molecular formula is C17H16N4. The lowest BCUT2D eigenvalue weighted by Gasteiger charge is -2.09. The summed E-state index contributed by atoms with van der Waals surface area (Å²) >= 11 is 0. The first-order valence-electron chi connectivity index (χ1n) is 6.88. The lowest BCUT2D eigenvalue weighted by molar-refractivity contribution is 1.10. The molecule has 0 N–H and O–H groups in total. The van der Waals surface area contributed by atoms with E-state index in [2.05, 4.69) is 26.7 Å². The first-order valence-corrected chi connectivity index (χ1v) is 6.88. The lowest BCUT2D eigenvalue weighted by atomic mass is 10.2. The summed E-state index contributed by atoms with van der Waals surface area (Å²) in [7, 11) is 0. The minimum Gasteiger partial charge on any atom is -0.277 e. The summed E-state index contributed by atoms with van der Waals surface area (Å²) in [5, 5.41) is 0. The Morgan fingerprint density at radius 1 is 1.14 bits per heavy atom.